The molecule has 1 aromatic heterocycles. The van der Waals surface area contributed by atoms with E-state index in [1.54, 1.807) is 4.90 Å². The summed E-state index contributed by atoms with van der Waals surface area (Å²) < 4.78 is 0. The van der Waals surface area contributed by atoms with Crippen LogP contribution in [0.15, 0.2) is 12.7 Å². The van der Waals surface area contributed by atoms with Gasteiger partial charge in [0.1, 0.15) is 24.3 Å². The van der Waals surface area contributed by atoms with Crippen molar-refractivity contribution in [2.24, 2.45) is 0 Å². The largest absolute Gasteiger partial charge is 0.299 e. The van der Waals surface area contributed by atoms with Crippen molar-refractivity contribution >= 4 is 17.6 Å². The first-order valence-corrected chi connectivity index (χ1v) is 4.26. The minimum atomic E-state index is 0.0975. The van der Waals surface area contributed by atoms with E-state index in [4.69, 9.17) is 5.41 Å². The highest BCUT2D eigenvalue weighted by atomic mass is 16.1. The second-order valence-corrected chi connectivity index (χ2v) is 3.00. The molecule has 14 heavy (non-hydrogen) atoms. The third-order valence-electron chi connectivity index (χ3n) is 2.03. The Kier molecular flexibility index (Phi) is 2.18. The summed E-state index contributed by atoms with van der Waals surface area (Å²) in [7, 11) is 0. The molecule has 1 aliphatic heterocycles. The number of ketones is 1. The molecule has 1 fully saturated rings. The second-order valence-electron chi connectivity index (χ2n) is 3.00. The number of nitrogens with one attached hydrogen (secondary N) is 1. The standard InChI is InChI=1S/C8H9N5O/c9-7-3-6(14)1-2-13(7)8-11-4-10-5-12-8/h4-5,9H,1-3H2. The van der Waals surface area contributed by atoms with Crippen molar-refractivity contribution in [2.45, 2.75) is 12.8 Å². The van der Waals surface area contributed by atoms with Crippen LogP contribution in [0.3, 0.4) is 0 Å². The Morgan fingerprint density at radius 2 is 2.07 bits per heavy atom. The lowest BCUT2D eigenvalue weighted by Crippen LogP contribution is -2.39. The molecule has 2 rings (SSSR count). The highest BCUT2D eigenvalue weighted by Gasteiger charge is 2.23. The van der Waals surface area contributed by atoms with E-state index in [9.17, 15) is 4.79 Å². The Bertz CT molecular complexity index is 363. The molecule has 0 spiro atoms. The van der Waals surface area contributed by atoms with Crippen molar-refractivity contribution in [3.05, 3.63) is 12.7 Å². The molecule has 6 heteroatoms. The van der Waals surface area contributed by atoms with Crippen LogP contribution in [0.2, 0.25) is 0 Å². The number of nitrogens with zero attached hydrogens (tertiary/aromatic N) is 4. The topological polar surface area (TPSA) is 82.8 Å². The lowest BCUT2D eigenvalue weighted by Gasteiger charge is -2.25. The van der Waals surface area contributed by atoms with Crippen molar-refractivity contribution in [1.29, 1.82) is 5.41 Å². The monoisotopic (exact) mass is 191 g/mol. The van der Waals surface area contributed by atoms with E-state index in [1.807, 2.05) is 0 Å². The minimum Gasteiger partial charge on any atom is -0.299 e. The lowest BCUT2D eigenvalue weighted by atomic mass is 10.1. The van der Waals surface area contributed by atoms with E-state index < -0.39 is 0 Å². The maximum Gasteiger partial charge on any atom is 0.233 e. The van der Waals surface area contributed by atoms with Gasteiger partial charge in [-0.05, 0) is 0 Å². The summed E-state index contributed by atoms with van der Waals surface area (Å²) >= 11 is 0. The fourth-order valence-electron chi connectivity index (χ4n) is 1.34. The molecule has 0 radical (unpaired) electrons. The van der Waals surface area contributed by atoms with Crippen LogP contribution in [0.25, 0.3) is 0 Å². The maximum atomic E-state index is 11.0. The van der Waals surface area contributed by atoms with E-state index in [0.717, 1.165) is 0 Å². The van der Waals surface area contributed by atoms with E-state index in [2.05, 4.69) is 15.0 Å². The summed E-state index contributed by atoms with van der Waals surface area (Å²) in [5.74, 6) is 0.797. The molecule has 0 amide bonds. The summed E-state index contributed by atoms with van der Waals surface area (Å²) in [6, 6.07) is 0. The number of hydrogen-bond donors (Lipinski definition) is 1. The van der Waals surface area contributed by atoms with Gasteiger partial charge in [0.05, 0.1) is 6.42 Å². The molecule has 0 bridgehead atoms. The molecular weight excluding hydrogens is 182 g/mol. The third kappa shape index (κ3) is 1.59. The van der Waals surface area contributed by atoms with Crippen LogP contribution >= 0.6 is 0 Å². The predicted octanol–water partition coefficient (Wildman–Crippen LogP) is 0.0182. The Morgan fingerprint density at radius 3 is 2.71 bits per heavy atom. The van der Waals surface area contributed by atoms with Crippen LogP contribution in [0, 0.1) is 5.41 Å². The molecule has 1 aromatic rings. The van der Waals surface area contributed by atoms with Crippen LogP contribution < -0.4 is 4.90 Å². The highest BCUT2D eigenvalue weighted by molar-refractivity contribution is 6.09. The smallest absolute Gasteiger partial charge is 0.233 e. The molecule has 0 saturated carbocycles. The highest BCUT2D eigenvalue weighted by Crippen LogP contribution is 2.13. The Balaban J connectivity index is 2.20. The normalized spacial score (nSPS) is 17.3. The molecular formula is C8H9N5O. The average molecular weight is 191 g/mol. The van der Waals surface area contributed by atoms with Gasteiger partial charge in [0.15, 0.2) is 0 Å². The van der Waals surface area contributed by atoms with E-state index in [-0.39, 0.29) is 18.0 Å². The zero-order valence-corrected chi connectivity index (χ0v) is 7.47. The molecule has 1 N–H and O–H groups in total. The molecule has 0 atom stereocenters. The molecule has 0 aliphatic carbocycles. The number of piperidine rings is 1. The Morgan fingerprint density at radius 1 is 1.36 bits per heavy atom. The van der Waals surface area contributed by atoms with Gasteiger partial charge in [-0.15, -0.1) is 0 Å². The van der Waals surface area contributed by atoms with Gasteiger partial charge >= 0.3 is 0 Å². The number of amidine groups is 1. The Labute approximate surface area is 80.5 Å². The number of rotatable bonds is 1. The van der Waals surface area contributed by atoms with E-state index in [1.165, 1.54) is 12.7 Å². The minimum absolute atomic E-state index is 0.0975. The molecule has 0 unspecified atom stereocenters. The number of aromatic nitrogens is 3. The number of Topliss-reactive ketones (excluding diaryl/α,β-unsaturated/α-hetero) is 1. The average Bonchev–Trinajstić information content (AvgIpc) is 2.19. The lowest BCUT2D eigenvalue weighted by molar-refractivity contribution is -0.118. The predicted molar refractivity (Wildman–Crippen MR) is 49.1 cm³/mol. The molecule has 0 aromatic carbocycles. The molecule has 72 valence electrons. The van der Waals surface area contributed by atoms with Crippen LogP contribution in [-0.4, -0.2) is 33.1 Å². The summed E-state index contributed by atoms with van der Waals surface area (Å²) in [6.07, 6.45) is 3.39. The van der Waals surface area contributed by atoms with Crippen molar-refractivity contribution in [2.75, 3.05) is 11.4 Å². The van der Waals surface area contributed by atoms with Crippen LogP contribution in [-0.2, 0) is 4.79 Å². The molecule has 1 aliphatic rings. The molecule has 2 heterocycles. The zero-order valence-electron chi connectivity index (χ0n) is 7.47. The van der Waals surface area contributed by atoms with Crippen LogP contribution in [0.4, 0.5) is 5.95 Å². The Hall–Kier alpha value is -1.85. The molecule has 6 nitrogen and oxygen atoms in total. The van der Waals surface area contributed by atoms with Gasteiger partial charge in [0, 0.05) is 13.0 Å². The quantitative estimate of drug-likeness (QED) is 0.676. The van der Waals surface area contributed by atoms with Crippen molar-refractivity contribution < 1.29 is 4.79 Å². The number of hydrogen-bond acceptors (Lipinski definition) is 5. The van der Waals surface area contributed by atoms with E-state index in [0.29, 0.717) is 18.9 Å². The zero-order chi connectivity index (χ0) is 9.97. The van der Waals surface area contributed by atoms with Crippen molar-refractivity contribution in [1.82, 2.24) is 15.0 Å². The maximum absolute atomic E-state index is 11.0. The van der Waals surface area contributed by atoms with Gasteiger partial charge < -0.3 is 0 Å². The first kappa shape index (κ1) is 8.74. The molecule has 1 saturated heterocycles. The number of anilines is 1. The van der Waals surface area contributed by atoms with Gasteiger partial charge in [-0.2, -0.15) is 0 Å². The summed E-state index contributed by atoms with van der Waals surface area (Å²) in [5.41, 5.74) is 0. The van der Waals surface area contributed by atoms with Crippen LogP contribution in [0.5, 0.6) is 0 Å². The summed E-state index contributed by atoms with van der Waals surface area (Å²) in [4.78, 5) is 24.2. The first-order chi connectivity index (χ1) is 6.77. The van der Waals surface area contributed by atoms with Crippen LogP contribution in [0.1, 0.15) is 12.8 Å². The first-order valence-electron chi connectivity index (χ1n) is 4.26. The SMILES string of the molecule is N=C1CC(=O)CCN1c1ncncn1. The van der Waals surface area contributed by atoms with Crippen molar-refractivity contribution in [3.8, 4) is 0 Å². The fraction of sp³-hybridized carbons (Fsp3) is 0.375. The van der Waals surface area contributed by atoms with Gasteiger partial charge in [0.2, 0.25) is 5.95 Å². The third-order valence-corrected chi connectivity index (χ3v) is 2.03. The second kappa shape index (κ2) is 3.49. The van der Waals surface area contributed by atoms with Gasteiger partial charge in [-0.3, -0.25) is 15.1 Å². The van der Waals surface area contributed by atoms with Gasteiger partial charge in [-0.1, -0.05) is 0 Å². The van der Waals surface area contributed by atoms with Gasteiger partial charge in [-0.25, -0.2) is 15.0 Å². The fourth-order valence-corrected chi connectivity index (χ4v) is 1.34. The number of carbonyl (C=O) groups is 1. The summed E-state index contributed by atoms with van der Waals surface area (Å²) in [5, 5.41) is 7.62. The van der Waals surface area contributed by atoms with Crippen molar-refractivity contribution in [3.63, 3.8) is 0 Å². The number of carbonyl (C=O) groups excluding carboxylic acids is 1. The van der Waals surface area contributed by atoms with E-state index >= 15 is 0 Å². The summed E-state index contributed by atoms with van der Waals surface area (Å²) in [6.45, 7) is 0.488. The van der Waals surface area contributed by atoms with Gasteiger partial charge in [0.25, 0.3) is 0 Å².